The van der Waals surface area contributed by atoms with E-state index in [-0.39, 0.29) is 12.1 Å². The molecule has 6 nitrogen and oxygen atoms in total. The molecule has 0 unspecified atom stereocenters. The van der Waals surface area contributed by atoms with Crippen molar-refractivity contribution in [1.29, 1.82) is 0 Å². The Balaban J connectivity index is 1.32. The maximum atomic E-state index is 10.6. The average Bonchev–Trinajstić information content (AvgIpc) is 3.03. The van der Waals surface area contributed by atoms with Gasteiger partial charge in [0.05, 0.1) is 19.3 Å². The van der Waals surface area contributed by atoms with Gasteiger partial charge in [0.2, 0.25) is 0 Å². The molecule has 0 spiro atoms. The van der Waals surface area contributed by atoms with E-state index >= 15 is 0 Å². The van der Waals surface area contributed by atoms with Gasteiger partial charge in [-0.05, 0) is 18.2 Å². The van der Waals surface area contributed by atoms with Crippen LogP contribution in [-0.4, -0.2) is 109 Å². The summed E-state index contributed by atoms with van der Waals surface area (Å²) in [5.41, 5.74) is 2.73. The minimum atomic E-state index is -0.232. The number of β-amino-alcohol motifs (C(OH)–C–C–N with tert-alkyl or cyclic N) is 1. The number of likely N-dealkylation sites (N-methyl/N-ethyl adjacent to an activating group) is 1. The molecule has 1 N–H and O–H groups in total. The normalized spacial score (nSPS) is 29.4. The van der Waals surface area contributed by atoms with Crippen LogP contribution in [0.3, 0.4) is 0 Å². The van der Waals surface area contributed by atoms with Crippen LogP contribution in [0.4, 0.5) is 0 Å². The first kappa shape index (κ1) is 19.3. The summed E-state index contributed by atoms with van der Waals surface area (Å²) in [6.45, 7) is 11.8. The van der Waals surface area contributed by atoms with Crippen LogP contribution in [0, 0.1) is 0 Å². The van der Waals surface area contributed by atoms with Crippen LogP contribution in [-0.2, 0) is 17.8 Å². The quantitative estimate of drug-likeness (QED) is 0.800. The molecule has 3 aliphatic rings. The lowest BCUT2D eigenvalue weighted by molar-refractivity contribution is 0.0342. The van der Waals surface area contributed by atoms with Gasteiger partial charge in [-0.15, -0.1) is 0 Å². The van der Waals surface area contributed by atoms with Crippen LogP contribution in [0.15, 0.2) is 24.3 Å². The van der Waals surface area contributed by atoms with Crippen molar-refractivity contribution < 1.29 is 9.84 Å². The number of likely N-dealkylation sites (tertiary alicyclic amines) is 1. The van der Waals surface area contributed by atoms with Crippen molar-refractivity contribution in [3.63, 3.8) is 0 Å². The Morgan fingerprint density at radius 1 is 0.926 bits per heavy atom. The van der Waals surface area contributed by atoms with Crippen molar-refractivity contribution in [2.24, 2.45) is 0 Å². The van der Waals surface area contributed by atoms with E-state index in [0.717, 1.165) is 78.7 Å². The number of nitrogens with zero attached hydrogens (tertiary/aromatic N) is 4. The number of hydrogen-bond donors (Lipinski definition) is 1. The molecule has 0 aliphatic carbocycles. The summed E-state index contributed by atoms with van der Waals surface area (Å²) in [6.07, 6.45) is -0.232. The fraction of sp³-hybridized carbons (Fsp3) is 0.714. The first-order valence-electron chi connectivity index (χ1n) is 10.4. The average molecular weight is 375 g/mol. The fourth-order valence-corrected chi connectivity index (χ4v) is 4.59. The molecular formula is C21H34N4O2. The van der Waals surface area contributed by atoms with Gasteiger partial charge in [-0.1, -0.05) is 24.3 Å². The lowest BCUT2D eigenvalue weighted by atomic mass is 10.1. The standard InChI is InChI=1S/C21H34N4O2/c1-22-5-7-25(8-6-22)20-16-24(17-21(20)26)15-19-4-2-3-18(13-19)14-23-9-11-27-12-10-23/h2-4,13,20-21,26H,5-12,14-17H2,1H3/t20-,21-/m0/s1. The molecule has 6 heteroatoms. The van der Waals surface area contributed by atoms with Crippen LogP contribution in [0.5, 0.6) is 0 Å². The Hall–Kier alpha value is -1.02. The van der Waals surface area contributed by atoms with Crippen LogP contribution in [0.2, 0.25) is 0 Å². The summed E-state index contributed by atoms with van der Waals surface area (Å²) in [6, 6.07) is 9.25. The second kappa shape index (κ2) is 8.99. The number of rotatable bonds is 5. The number of benzene rings is 1. The van der Waals surface area contributed by atoms with E-state index in [0.29, 0.717) is 0 Å². The third-order valence-corrected chi connectivity index (χ3v) is 6.25. The molecule has 3 saturated heterocycles. The highest BCUT2D eigenvalue weighted by molar-refractivity contribution is 5.23. The molecule has 3 fully saturated rings. The van der Waals surface area contributed by atoms with E-state index in [1.54, 1.807) is 0 Å². The molecule has 0 aromatic heterocycles. The van der Waals surface area contributed by atoms with E-state index < -0.39 is 0 Å². The van der Waals surface area contributed by atoms with Gasteiger partial charge in [-0.3, -0.25) is 14.7 Å². The van der Waals surface area contributed by atoms with Crippen molar-refractivity contribution in [1.82, 2.24) is 19.6 Å². The Morgan fingerprint density at radius 3 is 2.30 bits per heavy atom. The molecule has 2 atom stereocenters. The van der Waals surface area contributed by atoms with Crippen molar-refractivity contribution in [3.8, 4) is 0 Å². The molecular weight excluding hydrogens is 340 g/mol. The number of aliphatic hydroxyl groups is 1. The molecule has 3 heterocycles. The molecule has 0 saturated carbocycles. The predicted molar refractivity (Wildman–Crippen MR) is 107 cm³/mol. The lowest BCUT2D eigenvalue weighted by Gasteiger charge is -2.37. The maximum absolute atomic E-state index is 10.6. The summed E-state index contributed by atoms with van der Waals surface area (Å²) in [5, 5.41) is 10.6. The number of ether oxygens (including phenoxy) is 1. The Bertz CT molecular complexity index is 600. The van der Waals surface area contributed by atoms with E-state index in [1.165, 1.54) is 11.1 Å². The fourth-order valence-electron chi connectivity index (χ4n) is 4.59. The smallest absolute Gasteiger partial charge is 0.0834 e. The zero-order chi connectivity index (χ0) is 18.6. The van der Waals surface area contributed by atoms with Gasteiger partial charge < -0.3 is 14.7 Å². The largest absolute Gasteiger partial charge is 0.390 e. The van der Waals surface area contributed by atoms with Crippen LogP contribution in [0.1, 0.15) is 11.1 Å². The van der Waals surface area contributed by atoms with E-state index in [1.807, 2.05) is 0 Å². The third-order valence-electron chi connectivity index (χ3n) is 6.25. The molecule has 3 aliphatic heterocycles. The summed E-state index contributed by atoms with van der Waals surface area (Å²) >= 11 is 0. The van der Waals surface area contributed by atoms with Gasteiger partial charge in [-0.2, -0.15) is 0 Å². The molecule has 1 aromatic carbocycles. The van der Waals surface area contributed by atoms with E-state index in [9.17, 15) is 5.11 Å². The minimum Gasteiger partial charge on any atom is -0.390 e. The molecule has 0 amide bonds. The topological polar surface area (TPSA) is 42.4 Å². The van der Waals surface area contributed by atoms with Gasteiger partial charge in [0.1, 0.15) is 0 Å². The highest BCUT2D eigenvalue weighted by Crippen LogP contribution is 2.21. The highest BCUT2D eigenvalue weighted by atomic mass is 16.5. The predicted octanol–water partition coefficient (Wildman–Crippen LogP) is 0.311. The maximum Gasteiger partial charge on any atom is 0.0834 e. The molecule has 27 heavy (non-hydrogen) atoms. The molecule has 4 rings (SSSR count). The molecule has 0 bridgehead atoms. The third kappa shape index (κ3) is 5.08. The second-order valence-electron chi connectivity index (χ2n) is 8.38. The zero-order valence-electron chi connectivity index (χ0n) is 16.6. The molecule has 150 valence electrons. The Morgan fingerprint density at radius 2 is 1.59 bits per heavy atom. The number of piperazine rings is 1. The van der Waals surface area contributed by atoms with Crippen molar-refractivity contribution in [2.45, 2.75) is 25.2 Å². The first-order chi connectivity index (χ1) is 13.2. The Kier molecular flexibility index (Phi) is 6.42. The molecule has 0 radical (unpaired) electrons. The van der Waals surface area contributed by atoms with Crippen molar-refractivity contribution in [2.75, 3.05) is 72.6 Å². The number of hydrogen-bond acceptors (Lipinski definition) is 6. The summed E-state index contributed by atoms with van der Waals surface area (Å²) in [7, 11) is 2.18. The summed E-state index contributed by atoms with van der Waals surface area (Å²) < 4.78 is 5.45. The van der Waals surface area contributed by atoms with Gasteiger partial charge >= 0.3 is 0 Å². The van der Waals surface area contributed by atoms with Crippen LogP contribution < -0.4 is 0 Å². The van der Waals surface area contributed by atoms with Crippen LogP contribution >= 0.6 is 0 Å². The summed E-state index contributed by atoms with van der Waals surface area (Å²) in [4.78, 5) is 9.74. The number of aliphatic hydroxyl groups excluding tert-OH is 1. The first-order valence-corrected chi connectivity index (χ1v) is 10.4. The zero-order valence-corrected chi connectivity index (χ0v) is 16.6. The minimum absolute atomic E-state index is 0.232. The SMILES string of the molecule is CN1CCN([C@H]2CN(Cc3cccc(CN4CCOCC4)c3)C[C@@H]2O)CC1. The van der Waals surface area contributed by atoms with Crippen LogP contribution in [0.25, 0.3) is 0 Å². The molecule has 1 aromatic rings. The highest BCUT2D eigenvalue weighted by Gasteiger charge is 2.36. The number of morpholine rings is 1. The monoisotopic (exact) mass is 374 g/mol. The van der Waals surface area contributed by atoms with Gasteiger partial charge in [0, 0.05) is 71.5 Å². The lowest BCUT2D eigenvalue weighted by Crippen LogP contribution is -2.52. The second-order valence-corrected chi connectivity index (χ2v) is 8.38. The van der Waals surface area contributed by atoms with E-state index in [2.05, 4.69) is 50.9 Å². The Labute approximate surface area is 163 Å². The van der Waals surface area contributed by atoms with E-state index in [4.69, 9.17) is 4.74 Å². The van der Waals surface area contributed by atoms with Crippen molar-refractivity contribution >= 4 is 0 Å². The van der Waals surface area contributed by atoms with Gasteiger partial charge in [0.25, 0.3) is 0 Å². The van der Waals surface area contributed by atoms with Crippen molar-refractivity contribution in [3.05, 3.63) is 35.4 Å². The van der Waals surface area contributed by atoms with Gasteiger partial charge in [0.15, 0.2) is 0 Å². The van der Waals surface area contributed by atoms with Gasteiger partial charge in [-0.25, -0.2) is 0 Å². The summed E-state index contributed by atoms with van der Waals surface area (Å²) in [5.74, 6) is 0.